The summed E-state index contributed by atoms with van der Waals surface area (Å²) in [7, 11) is 3.76. The molecule has 0 amide bonds. The molecule has 0 saturated carbocycles. The molecular weight excluding hydrogens is 292 g/mol. The van der Waals surface area contributed by atoms with Crippen LogP contribution in [0.1, 0.15) is 12.0 Å². The molecule has 3 nitrogen and oxygen atoms in total. The van der Waals surface area contributed by atoms with Crippen molar-refractivity contribution in [3.05, 3.63) is 44.7 Å². The summed E-state index contributed by atoms with van der Waals surface area (Å²) in [5.74, 6) is 0. The van der Waals surface area contributed by atoms with Crippen LogP contribution in [0.25, 0.3) is 10.9 Å². The molecule has 1 N–H and O–H groups in total. The Hall–Kier alpha value is -1.13. The molecule has 0 aliphatic heterocycles. The molecule has 1 aromatic heterocycles. The van der Waals surface area contributed by atoms with E-state index in [0.717, 1.165) is 40.3 Å². The van der Waals surface area contributed by atoms with Gasteiger partial charge in [-0.2, -0.15) is 0 Å². The first-order chi connectivity index (χ1) is 8.63. The molecule has 2 aromatic rings. The number of aromatic nitrogens is 1. The molecule has 0 bridgehead atoms. The fourth-order valence-electron chi connectivity index (χ4n) is 2.16. The van der Waals surface area contributed by atoms with Crippen LogP contribution in [0, 0.1) is 0 Å². The number of fused-ring (bicyclic) bond motifs is 1. The largest absolute Gasteiger partial charge is 0.320 e. The van der Waals surface area contributed by atoms with Crippen LogP contribution in [0.3, 0.4) is 0 Å². The third kappa shape index (κ3) is 2.65. The number of rotatable bonds is 4. The second-order valence-electron chi connectivity index (χ2n) is 4.44. The predicted octanol–water partition coefficient (Wildman–Crippen LogP) is 2.45. The summed E-state index contributed by atoms with van der Waals surface area (Å²) in [6.07, 6.45) is 1.79. The van der Waals surface area contributed by atoms with Gasteiger partial charge in [0.2, 0.25) is 0 Å². The highest BCUT2D eigenvalue weighted by molar-refractivity contribution is 9.10. The monoisotopic (exact) mass is 308 g/mol. The molecule has 0 aliphatic rings. The van der Waals surface area contributed by atoms with Crippen molar-refractivity contribution in [1.29, 1.82) is 0 Å². The maximum Gasteiger partial charge on any atom is 0.253 e. The molecular formula is C14H17BrN2O. The van der Waals surface area contributed by atoms with Gasteiger partial charge in [0, 0.05) is 17.1 Å². The van der Waals surface area contributed by atoms with E-state index in [1.807, 2.05) is 32.3 Å². The summed E-state index contributed by atoms with van der Waals surface area (Å²) in [6.45, 7) is 0.930. The van der Waals surface area contributed by atoms with Gasteiger partial charge in [-0.1, -0.05) is 15.9 Å². The van der Waals surface area contributed by atoms with Crippen molar-refractivity contribution < 1.29 is 0 Å². The van der Waals surface area contributed by atoms with Crippen LogP contribution in [-0.4, -0.2) is 18.2 Å². The van der Waals surface area contributed by atoms with Crippen LogP contribution >= 0.6 is 15.9 Å². The first-order valence-electron chi connectivity index (χ1n) is 6.06. The maximum atomic E-state index is 12.2. The van der Waals surface area contributed by atoms with E-state index in [9.17, 15) is 4.79 Å². The van der Waals surface area contributed by atoms with Gasteiger partial charge in [0.25, 0.3) is 5.56 Å². The van der Waals surface area contributed by atoms with E-state index in [-0.39, 0.29) is 5.56 Å². The molecule has 4 heteroatoms. The highest BCUT2D eigenvalue weighted by Crippen LogP contribution is 2.19. The van der Waals surface area contributed by atoms with Crippen LogP contribution in [-0.2, 0) is 13.5 Å². The number of hydrogen-bond donors (Lipinski definition) is 1. The van der Waals surface area contributed by atoms with Gasteiger partial charge < -0.3 is 9.88 Å². The van der Waals surface area contributed by atoms with Crippen molar-refractivity contribution in [1.82, 2.24) is 9.88 Å². The van der Waals surface area contributed by atoms with Gasteiger partial charge in [0.1, 0.15) is 0 Å². The number of nitrogens with zero attached hydrogens (tertiary/aromatic N) is 1. The Labute approximate surface area is 115 Å². The molecule has 0 radical (unpaired) electrons. The van der Waals surface area contributed by atoms with Crippen LogP contribution in [0.4, 0.5) is 0 Å². The Morgan fingerprint density at radius 2 is 2.11 bits per heavy atom. The summed E-state index contributed by atoms with van der Waals surface area (Å²) in [4.78, 5) is 12.2. The Kier molecular flexibility index (Phi) is 4.19. The number of nitrogens with one attached hydrogen (secondary N) is 1. The van der Waals surface area contributed by atoms with E-state index in [2.05, 4.69) is 27.3 Å². The second-order valence-corrected chi connectivity index (χ2v) is 5.36. The van der Waals surface area contributed by atoms with Gasteiger partial charge in [-0.15, -0.1) is 0 Å². The lowest BCUT2D eigenvalue weighted by molar-refractivity contribution is 0.716. The normalized spacial score (nSPS) is 11.1. The Balaban J connectivity index is 2.48. The zero-order chi connectivity index (χ0) is 13.1. The molecule has 1 heterocycles. The summed E-state index contributed by atoms with van der Waals surface area (Å²) in [5.41, 5.74) is 1.97. The van der Waals surface area contributed by atoms with Crippen molar-refractivity contribution in [2.45, 2.75) is 12.8 Å². The van der Waals surface area contributed by atoms with Crippen LogP contribution in [0.15, 0.2) is 33.5 Å². The Morgan fingerprint density at radius 1 is 1.33 bits per heavy atom. The average Bonchev–Trinajstić information content (AvgIpc) is 2.35. The van der Waals surface area contributed by atoms with E-state index in [1.54, 1.807) is 4.57 Å². The lowest BCUT2D eigenvalue weighted by atomic mass is 10.1. The van der Waals surface area contributed by atoms with Gasteiger partial charge in [-0.25, -0.2) is 0 Å². The van der Waals surface area contributed by atoms with Crippen molar-refractivity contribution >= 4 is 26.8 Å². The molecule has 0 atom stereocenters. The summed E-state index contributed by atoms with van der Waals surface area (Å²) >= 11 is 3.47. The van der Waals surface area contributed by atoms with E-state index >= 15 is 0 Å². The smallest absolute Gasteiger partial charge is 0.253 e. The van der Waals surface area contributed by atoms with Gasteiger partial charge >= 0.3 is 0 Å². The highest BCUT2D eigenvalue weighted by Gasteiger charge is 2.06. The number of aryl methyl sites for hydroxylation is 2. The summed E-state index contributed by atoms with van der Waals surface area (Å²) in [5, 5.41) is 4.20. The lowest BCUT2D eigenvalue weighted by Gasteiger charge is -2.09. The molecule has 0 unspecified atom stereocenters. The van der Waals surface area contributed by atoms with Crippen molar-refractivity contribution in [2.24, 2.45) is 7.05 Å². The third-order valence-corrected chi connectivity index (χ3v) is 3.63. The number of benzene rings is 1. The predicted molar refractivity (Wildman–Crippen MR) is 79.1 cm³/mol. The molecule has 18 heavy (non-hydrogen) atoms. The molecule has 2 rings (SSSR count). The molecule has 1 aromatic carbocycles. The fourth-order valence-corrected chi connectivity index (χ4v) is 2.53. The molecule has 0 aliphatic carbocycles. The highest BCUT2D eigenvalue weighted by atomic mass is 79.9. The number of pyridine rings is 1. The maximum absolute atomic E-state index is 12.2. The second kappa shape index (κ2) is 5.67. The van der Waals surface area contributed by atoms with E-state index in [1.165, 1.54) is 0 Å². The Bertz CT molecular complexity index is 619. The van der Waals surface area contributed by atoms with Crippen LogP contribution in [0.2, 0.25) is 0 Å². The van der Waals surface area contributed by atoms with Crippen molar-refractivity contribution in [2.75, 3.05) is 13.6 Å². The minimum Gasteiger partial charge on any atom is -0.320 e. The van der Waals surface area contributed by atoms with Gasteiger partial charge in [0.05, 0.1) is 5.52 Å². The molecule has 96 valence electrons. The number of hydrogen-bond acceptors (Lipinski definition) is 2. The zero-order valence-corrected chi connectivity index (χ0v) is 12.3. The molecule has 0 fully saturated rings. The first-order valence-corrected chi connectivity index (χ1v) is 6.85. The van der Waals surface area contributed by atoms with Gasteiger partial charge in [-0.05, 0) is 56.1 Å². The first kappa shape index (κ1) is 13.3. The topological polar surface area (TPSA) is 34.0 Å². The zero-order valence-electron chi connectivity index (χ0n) is 10.7. The van der Waals surface area contributed by atoms with Crippen molar-refractivity contribution in [3.63, 3.8) is 0 Å². The standard InChI is InChI=1S/C14H17BrN2O/c1-16-7-3-4-10-8-11-9-12(15)5-6-13(11)17(2)14(10)18/h5-6,8-9,16H,3-4,7H2,1-2H3. The number of halogens is 1. The quantitative estimate of drug-likeness (QED) is 0.880. The molecule has 0 saturated heterocycles. The fraction of sp³-hybridized carbons (Fsp3) is 0.357. The van der Waals surface area contributed by atoms with Crippen LogP contribution in [0.5, 0.6) is 0 Å². The minimum atomic E-state index is 0.112. The minimum absolute atomic E-state index is 0.112. The summed E-state index contributed by atoms with van der Waals surface area (Å²) < 4.78 is 2.77. The van der Waals surface area contributed by atoms with E-state index < -0.39 is 0 Å². The van der Waals surface area contributed by atoms with Gasteiger partial charge in [0.15, 0.2) is 0 Å². The average molecular weight is 309 g/mol. The lowest BCUT2D eigenvalue weighted by Crippen LogP contribution is -2.22. The SMILES string of the molecule is CNCCCc1cc2cc(Br)ccc2n(C)c1=O. The third-order valence-electron chi connectivity index (χ3n) is 3.13. The Morgan fingerprint density at radius 3 is 2.83 bits per heavy atom. The van der Waals surface area contributed by atoms with E-state index in [0.29, 0.717) is 0 Å². The van der Waals surface area contributed by atoms with Crippen LogP contribution < -0.4 is 10.9 Å². The van der Waals surface area contributed by atoms with Gasteiger partial charge in [-0.3, -0.25) is 4.79 Å². The summed E-state index contributed by atoms with van der Waals surface area (Å²) in [6, 6.07) is 8.00. The van der Waals surface area contributed by atoms with Crippen molar-refractivity contribution in [3.8, 4) is 0 Å². The van der Waals surface area contributed by atoms with E-state index in [4.69, 9.17) is 0 Å². The molecule has 0 spiro atoms.